The number of sulfonamides is 1. The number of anilines is 1. The molecule has 2 N–H and O–H groups in total. The van der Waals surface area contributed by atoms with Gasteiger partial charge in [-0.25, -0.2) is 13.1 Å². The lowest BCUT2D eigenvalue weighted by atomic mass is 10.3. The first kappa shape index (κ1) is 14.5. The van der Waals surface area contributed by atoms with Gasteiger partial charge in [-0.15, -0.1) is 0 Å². The third kappa shape index (κ3) is 3.00. The number of benzene rings is 1. The third-order valence-electron chi connectivity index (χ3n) is 3.01. The van der Waals surface area contributed by atoms with E-state index in [-0.39, 0.29) is 11.4 Å². The normalized spacial score (nSPS) is 11.6. The van der Waals surface area contributed by atoms with Crippen LogP contribution in [0.2, 0.25) is 0 Å². The van der Waals surface area contributed by atoms with E-state index in [1.165, 1.54) is 0 Å². The molecule has 0 spiro atoms. The van der Waals surface area contributed by atoms with E-state index in [2.05, 4.69) is 15.1 Å². The molecule has 2 aromatic rings. The van der Waals surface area contributed by atoms with Crippen LogP contribution in [0.3, 0.4) is 0 Å². The number of para-hydroxylation sites is 1. The van der Waals surface area contributed by atoms with Crippen molar-refractivity contribution in [1.82, 2.24) is 14.5 Å². The highest BCUT2D eigenvalue weighted by molar-refractivity contribution is 7.89. The summed E-state index contributed by atoms with van der Waals surface area (Å²) in [6.45, 7) is 2.07. The molecule has 0 aliphatic rings. The van der Waals surface area contributed by atoms with Crippen LogP contribution in [0.1, 0.15) is 11.3 Å². The van der Waals surface area contributed by atoms with E-state index in [0.717, 1.165) is 11.3 Å². The molecule has 0 radical (unpaired) electrons. The molecule has 1 aromatic heterocycles. The van der Waals surface area contributed by atoms with Crippen molar-refractivity contribution in [3.63, 3.8) is 0 Å². The predicted octanol–water partition coefficient (Wildman–Crippen LogP) is 1.25. The van der Waals surface area contributed by atoms with Gasteiger partial charge in [-0.1, -0.05) is 12.1 Å². The zero-order valence-electron chi connectivity index (χ0n) is 11.7. The maximum atomic E-state index is 12.3. The van der Waals surface area contributed by atoms with Gasteiger partial charge in [0.1, 0.15) is 4.90 Å². The van der Waals surface area contributed by atoms with Crippen molar-refractivity contribution in [1.29, 1.82) is 0 Å². The van der Waals surface area contributed by atoms with Crippen LogP contribution in [-0.4, -0.2) is 25.2 Å². The SMILES string of the molecule is CNc1ccccc1S(=O)(=O)NCc1cn(C)nc1C. The van der Waals surface area contributed by atoms with Crippen LogP contribution < -0.4 is 10.0 Å². The summed E-state index contributed by atoms with van der Waals surface area (Å²) < 4.78 is 28.9. The molecule has 0 aliphatic heterocycles. The van der Waals surface area contributed by atoms with E-state index < -0.39 is 10.0 Å². The van der Waals surface area contributed by atoms with E-state index in [0.29, 0.717) is 5.69 Å². The monoisotopic (exact) mass is 294 g/mol. The van der Waals surface area contributed by atoms with Gasteiger partial charge in [0.25, 0.3) is 0 Å². The van der Waals surface area contributed by atoms with Gasteiger partial charge in [0.2, 0.25) is 10.0 Å². The summed E-state index contributed by atoms with van der Waals surface area (Å²) in [7, 11) is -0.0574. The number of hydrogen-bond donors (Lipinski definition) is 2. The highest BCUT2D eigenvalue weighted by Gasteiger charge is 2.18. The summed E-state index contributed by atoms with van der Waals surface area (Å²) in [6, 6.07) is 6.79. The molecule has 6 nitrogen and oxygen atoms in total. The molecule has 0 fully saturated rings. The second-order valence-electron chi connectivity index (χ2n) is 4.48. The number of aromatic nitrogens is 2. The Morgan fingerprint density at radius 2 is 2.00 bits per heavy atom. The van der Waals surface area contributed by atoms with Crippen molar-refractivity contribution in [2.24, 2.45) is 7.05 Å². The number of nitrogens with one attached hydrogen (secondary N) is 2. The van der Waals surface area contributed by atoms with Gasteiger partial charge >= 0.3 is 0 Å². The molecule has 2 rings (SSSR count). The van der Waals surface area contributed by atoms with E-state index in [1.807, 2.05) is 13.1 Å². The molecule has 0 atom stereocenters. The zero-order valence-corrected chi connectivity index (χ0v) is 12.5. The number of aryl methyl sites for hydroxylation is 2. The fourth-order valence-corrected chi connectivity index (χ4v) is 3.20. The van der Waals surface area contributed by atoms with Crippen molar-refractivity contribution in [2.75, 3.05) is 12.4 Å². The first-order valence-corrected chi connectivity index (χ1v) is 7.68. The lowest BCUT2D eigenvalue weighted by Crippen LogP contribution is -2.24. The minimum absolute atomic E-state index is 0.222. The minimum Gasteiger partial charge on any atom is -0.387 e. The van der Waals surface area contributed by atoms with Crippen molar-refractivity contribution >= 4 is 15.7 Å². The average Bonchev–Trinajstić information content (AvgIpc) is 2.75. The molecular formula is C13H18N4O2S. The molecule has 0 unspecified atom stereocenters. The van der Waals surface area contributed by atoms with Gasteiger partial charge in [-0.05, 0) is 19.1 Å². The van der Waals surface area contributed by atoms with Crippen molar-refractivity contribution in [3.8, 4) is 0 Å². The van der Waals surface area contributed by atoms with Crippen LogP contribution in [0.15, 0.2) is 35.4 Å². The summed E-state index contributed by atoms with van der Waals surface area (Å²) in [4.78, 5) is 0.240. The second-order valence-corrected chi connectivity index (χ2v) is 6.22. The first-order chi connectivity index (χ1) is 9.44. The molecule has 108 valence electrons. The lowest BCUT2D eigenvalue weighted by Gasteiger charge is -2.10. The second kappa shape index (κ2) is 5.64. The molecule has 1 aromatic carbocycles. The Morgan fingerprint density at radius 1 is 1.30 bits per heavy atom. The van der Waals surface area contributed by atoms with Crippen LogP contribution in [0.4, 0.5) is 5.69 Å². The number of hydrogen-bond acceptors (Lipinski definition) is 4. The smallest absolute Gasteiger partial charge is 0.242 e. The number of rotatable bonds is 5. The van der Waals surface area contributed by atoms with Gasteiger partial charge in [0.05, 0.1) is 11.4 Å². The Morgan fingerprint density at radius 3 is 2.60 bits per heavy atom. The Kier molecular flexibility index (Phi) is 4.10. The first-order valence-electron chi connectivity index (χ1n) is 6.19. The quantitative estimate of drug-likeness (QED) is 0.870. The Labute approximate surface area is 118 Å². The van der Waals surface area contributed by atoms with Crippen LogP contribution >= 0.6 is 0 Å². The average molecular weight is 294 g/mol. The van der Waals surface area contributed by atoms with Crippen LogP contribution in [-0.2, 0) is 23.6 Å². The van der Waals surface area contributed by atoms with Gasteiger partial charge in [-0.2, -0.15) is 5.10 Å². The van der Waals surface area contributed by atoms with E-state index >= 15 is 0 Å². The molecular weight excluding hydrogens is 276 g/mol. The Hall–Kier alpha value is -1.86. The molecule has 7 heteroatoms. The Bertz CT molecular complexity index is 707. The fraction of sp³-hybridized carbons (Fsp3) is 0.308. The van der Waals surface area contributed by atoms with E-state index in [4.69, 9.17) is 0 Å². The van der Waals surface area contributed by atoms with E-state index in [9.17, 15) is 8.42 Å². The third-order valence-corrected chi connectivity index (χ3v) is 4.47. The van der Waals surface area contributed by atoms with Crippen molar-refractivity contribution < 1.29 is 8.42 Å². The number of nitrogens with zero attached hydrogens (tertiary/aromatic N) is 2. The molecule has 0 bridgehead atoms. The van der Waals surface area contributed by atoms with Gasteiger partial charge in [0, 0.05) is 32.4 Å². The topological polar surface area (TPSA) is 76.0 Å². The lowest BCUT2D eigenvalue weighted by molar-refractivity contribution is 0.581. The summed E-state index contributed by atoms with van der Waals surface area (Å²) in [5.41, 5.74) is 2.25. The summed E-state index contributed by atoms with van der Waals surface area (Å²) in [5, 5.41) is 7.07. The van der Waals surface area contributed by atoms with Crippen LogP contribution in [0.25, 0.3) is 0 Å². The zero-order chi connectivity index (χ0) is 14.8. The van der Waals surface area contributed by atoms with Crippen molar-refractivity contribution in [3.05, 3.63) is 41.7 Å². The molecule has 0 amide bonds. The molecule has 0 aliphatic carbocycles. The Balaban J connectivity index is 2.21. The van der Waals surface area contributed by atoms with E-state index in [1.54, 1.807) is 43.0 Å². The fourth-order valence-electron chi connectivity index (χ4n) is 1.98. The summed E-state index contributed by atoms with van der Waals surface area (Å²) in [6.07, 6.45) is 1.81. The molecule has 1 heterocycles. The molecule has 0 saturated heterocycles. The molecule has 20 heavy (non-hydrogen) atoms. The minimum atomic E-state index is -3.56. The van der Waals surface area contributed by atoms with Gasteiger partial charge in [0.15, 0.2) is 0 Å². The standard InChI is InChI=1S/C13H18N4O2S/c1-10-11(9-17(3)16-10)8-15-20(18,19)13-7-5-4-6-12(13)14-2/h4-7,9,14-15H,8H2,1-3H3. The highest BCUT2D eigenvalue weighted by Crippen LogP contribution is 2.20. The summed E-state index contributed by atoms with van der Waals surface area (Å²) in [5.74, 6) is 0. The van der Waals surface area contributed by atoms with Crippen molar-refractivity contribution in [2.45, 2.75) is 18.4 Å². The largest absolute Gasteiger partial charge is 0.387 e. The van der Waals surface area contributed by atoms with Crippen LogP contribution in [0.5, 0.6) is 0 Å². The maximum Gasteiger partial charge on any atom is 0.242 e. The highest BCUT2D eigenvalue weighted by atomic mass is 32.2. The van der Waals surface area contributed by atoms with Gasteiger partial charge < -0.3 is 5.32 Å². The van der Waals surface area contributed by atoms with Crippen LogP contribution in [0, 0.1) is 6.92 Å². The van der Waals surface area contributed by atoms with Gasteiger partial charge in [-0.3, -0.25) is 4.68 Å². The summed E-state index contributed by atoms with van der Waals surface area (Å²) >= 11 is 0. The maximum absolute atomic E-state index is 12.3. The molecule has 0 saturated carbocycles. The predicted molar refractivity (Wildman–Crippen MR) is 78.0 cm³/mol.